The zero-order chi connectivity index (χ0) is 19.3. The molecule has 0 bridgehead atoms. The van der Waals surface area contributed by atoms with E-state index in [-0.39, 0.29) is 28.0 Å². The van der Waals surface area contributed by atoms with E-state index in [0.29, 0.717) is 11.4 Å². The topological polar surface area (TPSA) is 110 Å². The summed E-state index contributed by atoms with van der Waals surface area (Å²) in [6.45, 7) is 1.91. The first kappa shape index (κ1) is 17.2. The highest BCUT2D eigenvalue weighted by molar-refractivity contribution is 7.90. The van der Waals surface area contributed by atoms with Gasteiger partial charge in [0.15, 0.2) is 9.84 Å². The van der Waals surface area contributed by atoms with E-state index in [1.807, 2.05) is 13.0 Å². The SMILES string of the molecule is Cc1cccn2c(=O)c3cc(S(C)(=O)=O)c(=N)n(Cc4ccco4)c3nc12. The lowest BCUT2D eigenvalue weighted by atomic mass is 10.2. The summed E-state index contributed by atoms with van der Waals surface area (Å²) in [6, 6.07) is 8.20. The van der Waals surface area contributed by atoms with E-state index in [4.69, 9.17) is 9.83 Å². The molecule has 0 unspecified atom stereocenters. The molecule has 4 aromatic heterocycles. The largest absolute Gasteiger partial charge is 0.467 e. The van der Waals surface area contributed by atoms with Gasteiger partial charge in [-0.15, -0.1) is 0 Å². The first-order valence-electron chi connectivity index (χ1n) is 8.10. The molecule has 4 heterocycles. The van der Waals surface area contributed by atoms with Crippen molar-refractivity contribution in [3.05, 3.63) is 70.0 Å². The standard InChI is InChI=1S/C18H16N4O4S/c1-11-5-3-7-21-16(11)20-17-13(18(21)23)9-14(27(2,24)25)15(19)22(17)10-12-6-4-8-26-12/h3-9,19H,10H2,1-2H3. The van der Waals surface area contributed by atoms with Crippen LogP contribution in [0, 0.1) is 12.3 Å². The van der Waals surface area contributed by atoms with Gasteiger partial charge in [-0.25, -0.2) is 13.4 Å². The number of pyridine rings is 2. The van der Waals surface area contributed by atoms with Crippen LogP contribution in [0.3, 0.4) is 0 Å². The van der Waals surface area contributed by atoms with Gasteiger partial charge in [-0.05, 0) is 36.8 Å². The summed E-state index contributed by atoms with van der Waals surface area (Å²) in [5.74, 6) is 0.521. The second-order valence-corrected chi connectivity index (χ2v) is 8.32. The quantitative estimate of drug-likeness (QED) is 0.538. The molecule has 8 nitrogen and oxygen atoms in total. The molecule has 0 amide bonds. The molecule has 0 aliphatic carbocycles. The summed E-state index contributed by atoms with van der Waals surface area (Å²) in [5, 5.41) is 8.54. The number of nitrogens with zero attached hydrogens (tertiary/aromatic N) is 3. The number of sulfone groups is 1. The average molecular weight is 384 g/mol. The van der Waals surface area contributed by atoms with Crippen molar-refractivity contribution in [1.82, 2.24) is 14.0 Å². The van der Waals surface area contributed by atoms with Gasteiger partial charge >= 0.3 is 0 Å². The molecule has 0 saturated carbocycles. The van der Waals surface area contributed by atoms with E-state index in [0.717, 1.165) is 11.8 Å². The van der Waals surface area contributed by atoms with Gasteiger partial charge < -0.3 is 8.98 Å². The van der Waals surface area contributed by atoms with Crippen molar-refractivity contribution in [3.8, 4) is 0 Å². The van der Waals surface area contributed by atoms with Crippen LogP contribution in [0.5, 0.6) is 0 Å². The minimum atomic E-state index is -3.72. The molecule has 27 heavy (non-hydrogen) atoms. The van der Waals surface area contributed by atoms with Gasteiger partial charge in [0.2, 0.25) is 0 Å². The summed E-state index contributed by atoms with van der Waals surface area (Å²) in [4.78, 5) is 17.4. The zero-order valence-electron chi connectivity index (χ0n) is 14.6. The molecule has 4 rings (SSSR count). The Labute approximate surface area is 153 Å². The fourth-order valence-corrected chi connectivity index (χ4v) is 3.86. The van der Waals surface area contributed by atoms with Crippen LogP contribution in [-0.2, 0) is 16.4 Å². The maximum Gasteiger partial charge on any atom is 0.267 e. The van der Waals surface area contributed by atoms with Crippen LogP contribution in [-0.4, -0.2) is 28.6 Å². The van der Waals surface area contributed by atoms with Crippen molar-refractivity contribution in [2.45, 2.75) is 18.4 Å². The Morgan fingerprint density at radius 1 is 1.22 bits per heavy atom. The molecule has 0 aromatic carbocycles. The van der Waals surface area contributed by atoms with Gasteiger partial charge in [-0.2, -0.15) is 0 Å². The molecule has 9 heteroatoms. The molecular weight excluding hydrogens is 368 g/mol. The van der Waals surface area contributed by atoms with Gasteiger partial charge in [0.05, 0.1) is 18.2 Å². The van der Waals surface area contributed by atoms with Crippen LogP contribution in [0.15, 0.2) is 56.9 Å². The molecule has 0 saturated heterocycles. The summed E-state index contributed by atoms with van der Waals surface area (Å²) in [7, 11) is -3.72. The Balaban J connectivity index is 2.22. The van der Waals surface area contributed by atoms with Crippen molar-refractivity contribution in [2.24, 2.45) is 0 Å². The number of aryl methyl sites for hydroxylation is 1. The van der Waals surface area contributed by atoms with Gasteiger partial charge in [-0.3, -0.25) is 14.6 Å². The second kappa shape index (κ2) is 5.92. The number of rotatable bonds is 3. The third-order valence-corrected chi connectivity index (χ3v) is 5.50. The van der Waals surface area contributed by atoms with Crippen LogP contribution in [0.2, 0.25) is 0 Å². The number of nitrogens with one attached hydrogen (secondary N) is 1. The van der Waals surface area contributed by atoms with E-state index in [9.17, 15) is 13.2 Å². The lowest BCUT2D eigenvalue weighted by Crippen LogP contribution is -2.30. The monoisotopic (exact) mass is 384 g/mol. The summed E-state index contributed by atoms with van der Waals surface area (Å²) in [6.07, 6.45) is 4.09. The molecule has 0 radical (unpaired) electrons. The average Bonchev–Trinajstić information content (AvgIpc) is 3.11. The molecule has 0 fully saturated rings. The fourth-order valence-electron chi connectivity index (χ4n) is 3.07. The van der Waals surface area contributed by atoms with Gasteiger partial charge in [0, 0.05) is 12.5 Å². The molecule has 1 N–H and O–H groups in total. The predicted octanol–water partition coefficient (Wildman–Crippen LogP) is 1.48. The van der Waals surface area contributed by atoms with Crippen molar-refractivity contribution in [1.29, 1.82) is 5.41 Å². The molecule has 138 valence electrons. The molecule has 0 aliphatic heterocycles. The van der Waals surface area contributed by atoms with E-state index in [2.05, 4.69) is 4.98 Å². The van der Waals surface area contributed by atoms with Crippen molar-refractivity contribution >= 4 is 26.5 Å². The molecule has 0 aliphatic rings. The van der Waals surface area contributed by atoms with Crippen molar-refractivity contribution in [3.63, 3.8) is 0 Å². The maximum atomic E-state index is 13.0. The lowest BCUT2D eigenvalue weighted by molar-refractivity contribution is 0.488. The maximum absolute atomic E-state index is 13.0. The van der Waals surface area contributed by atoms with Crippen LogP contribution in [0.4, 0.5) is 0 Å². The molecule has 0 atom stereocenters. The molecule has 0 spiro atoms. The number of hydrogen-bond acceptors (Lipinski definition) is 6. The highest BCUT2D eigenvalue weighted by Gasteiger charge is 2.19. The van der Waals surface area contributed by atoms with E-state index in [1.54, 1.807) is 24.4 Å². The first-order valence-corrected chi connectivity index (χ1v) is 9.99. The third-order valence-electron chi connectivity index (χ3n) is 4.39. The Morgan fingerprint density at radius 3 is 2.67 bits per heavy atom. The predicted molar refractivity (Wildman–Crippen MR) is 98.5 cm³/mol. The fraction of sp³-hybridized carbons (Fsp3) is 0.167. The lowest BCUT2D eigenvalue weighted by Gasteiger charge is -2.13. The Bertz CT molecular complexity index is 1410. The van der Waals surface area contributed by atoms with Crippen LogP contribution in [0.1, 0.15) is 11.3 Å². The highest BCUT2D eigenvalue weighted by atomic mass is 32.2. The number of furan rings is 1. The molecular formula is C18H16N4O4S. The van der Waals surface area contributed by atoms with Crippen molar-refractivity contribution in [2.75, 3.05) is 6.26 Å². The van der Waals surface area contributed by atoms with Gasteiger partial charge in [0.1, 0.15) is 27.4 Å². The van der Waals surface area contributed by atoms with Crippen LogP contribution in [0.25, 0.3) is 16.7 Å². The van der Waals surface area contributed by atoms with E-state index >= 15 is 0 Å². The first-order chi connectivity index (χ1) is 12.8. The number of aromatic nitrogens is 3. The van der Waals surface area contributed by atoms with Crippen LogP contribution < -0.4 is 11.0 Å². The summed E-state index contributed by atoms with van der Waals surface area (Å²) < 4.78 is 32.5. The summed E-state index contributed by atoms with van der Waals surface area (Å²) >= 11 is 0. The normalized spacial score (nSPS) is 12.1. The second-order valence-electron chi connectivity index (χ2n) is 6.33. The zero-order valence-corrected chi connectivity index (χ0v) is 15.4. The van der Waals surface area contributed by atoms with Gasteiger partial charge in [0.25, 0.3) is 5.56 Å². The Morgan fingerprint density at radius 2 is 2.00 bits per heavy atom. The summed E-state index contributed by atoms with van der Waals surface area (Å²) in [5.41, 5.74) is 0.848. The minimum absolute atomic E-state index is 0.0835. The Kier molecular flexibility index (Phi) is 3.77. The van der Waals surface area contributed by atoms with Gasteiger partial charge in [-0.1, -0.05) is 6.07 Å². The number of hydrogen-bond donors (Lipinski definition) is 1. The molecule has 4 aromatic rings. The Hall–Kier alpha value is -3.20. The van der Waals surface area contributed by atoms with Crippen molar-refractivity contribution < 1.29 is 12.8 Å². The van der Waals surface area contributed by atoms with Crippen LogP contribution >= 0.6 is 0 Å². The van der Waals surface area contributed by atoms with E-state index < -0.39 is 15.4 Å². The number of fused-ring (bicyclic) bond motifs is 2. The smallest absolute Gasteiger partial charge is 0.267 e. The third kappa shape index (κ3) is 2.76. The highest BCUT2D eigenvalue weighted by Crippen LogP contribution is 2.16. The van der Waals surface area contributed by atoms with E-state index in [1.165, 1.54) is 21.3 Å². The minimum Gasteiger partial charge on any atom is -0.467 e.